The third kappa shape index (κ3) is 7.02. The molecule has 1 amide bonds. The quantitative estimate of drug-likeness (QED) is 0.644. The summed E-state index contributed by atoms with van der Waals surface area (Å²) in [6.45, 7) is 2.83. The van der Waals surface area contributed by atoms with Crippen molar-refractivity contribution in [2.45, 2.75) is 51.9 Å². The molecule has 0 spiro atoms. The van der Waals surface area contributed by atoms with Crippen LogP contribution >= 0.6 is 0 Å². The van der Waals surface area contributed by atoms with Gasteiger partial charge >= 0.3 is 0 Å². The van der Waals surface area contributed by atoms with Gasteiger partial charge in [-0.25, -0.2) is 0 Å². The summed E-state index contributed by atoms with van der Waals surface area (Å²) in [4.78, 5) is 11.5. The molecule has 1 aromatic rings. The Morgan fingerprint density at radius 1 is 1.10 bits per heavy atom. The molecule has 0 unspecified atom stereocenters. The number of hydrogen-bond acceptors (Lipinski definition) is 3. The number of phenols is 1. The number of hydrogen-bond donors (Lipinski definition) is 2. The monoisotopic (exact) mass is 293 g/mol. The van der Waals surface area contributed by atoms with E-state index in [0.29, 0.717) is 17.9 Å². The van der Waals surface area contributed by atoms with E-state index >= 15 is 0 Å². The molecule has 0 fully saturated rings. The number of phenolic OH excluding ortho intramolecular Hbond substituents is 1. The fraction of sp³-hybridized carbons (Fsp3) is 0.588. The maximum absolute atomic E-state index is 11.5. The highest BCUT2D eigenvalue weighted by atomic mass is 16.5. The Balaban J connectivity index is 2.29. The molecule has 0 saturated heterocycles. The lowest BCUT2D eigenvalue weighted by Gasteiger charge is -2.08. The molecule has 0 heterocycles. The van der Waals surface area contributed by atoms with E-state index in [-0.39, 0.29) is 11.7 Å². The van der Waals surface area contributed by atoms with E-state index in [1.165, 1.54) is 44.2 Å². The molecule has 118 valence electrons. The molecule has 4 heteroatoms. The standard InChI is InChI=1S/C17H27NO3/c1-3-4-5-6-7-8-9-10-21-16-12-14(17(20)18-2)11-15(19)13-16/h11-13,19H,3-10H2,1-2H3,(H,18,20). The molecule has 0 bridgehead atoms. The van der Waals surface area contributed by atoms with Gasteiger partial charge in [0.15, 0.2) is 0 Å². The first-order valence-corrected chi connectivity index (χ1v) is 7.86. The molecule has 0 atom stereocenters. The molecular formula is C17H27NO3. The summed E-state index contributed by atoms with van der Waals surface area (Å²) in [6.07, 6.45) is 8.60. The molecule has 0 aliphatic rings. The van der Waals surface area contributed by atoms with Crippen LogP contribution in [0.3, 0.4) is 0 Å². The van der Waals surface area contributed by atoms with Crippen LogP contribution in [0, 0.1) is 0 Å². The van der Waals surface area contributed by atoms with Crippen LogP contribution in [0.5, 0.6) is 11.5 Å². The molecule has 1 rings (SSSR count). The van der Waals surface area contributed by atoms with E-state index in [9.17, 15) is 9.90 Å². The zero-order valence-corrected chi connectivity index (χ0v) is 13.2. The van der Waals surface area contributed by atoms with Gasteiger partial charge in [0.1, 0.15) is 11.5 Å². The number of rotatable bonds is 10. The number of nitrogens with one attached hydrogen (secondary N) is 1. The third-order valence-electron chi connectivity index (χ3n) is 3.40. The van der Waals surface area contributed by atoms with Crippen molar-refractivity contribution in [2.75, 3.05) is 13.7 Å². The predicted octanol–water partition coefficient (Wildman–Crippen LogP) is 3.88. The summed E-state index contributed by atoms with van der Waals surface area (Å²) in [5.74, 6) is 0.358. The van der Waals surface area contributed by atoms with E-state index in [1.54, 1.807) is 13.1 Å². The van der Waals surface area contributed by atoms with Gasteiger partial charge in [0.05, 0.1) is 6.61 Å². The summed E-state index contributed by atoms with van der Waals surface area (Å²) < 4.78 is 5.61. The molecule has 4 nitrogen and oxygen atoms in total. The molecular weight excluding hydrogens is 266 g/mol. The fourth-order valence-corrected chi connectivity index (χ4v) is 2.19. The van der Waals surface area contributed by atoms with Gasteiger partial charge in [-0.15, -0.1) is 0 Å². The molecule has 0 aliphatic heterocycles. The second-order valence-electron chi connectivity index (χ2n) is 5.26. The Kier molecular flexibility index (Phi) is 8.32. The van der Waals surface area contributed by atoms with Crippen molar-refractivity contribution in [3.63, 3.8) is 0 Å². The average molecular weight is 293 g/mol. The second kappa shape index (κ2) is 10.1. The van der Waals surface area contributed by atoms with Gasteiger partial charge < -0.3 is 15.2 Å². The van der Waals surface area contributed by atoms with E-state index in [4.69, 9.17) is 4.74 Å². The molecule has 21 heavy (non-hydrogen) atoms. The Labute approximate surface area is 127 Å². The minimum atomic E-state index is -0.230. The SMILES string of the molecule is CCCCCCCCCOc1cc(O)cc(C(=O)NC)c1. The predicted molar refractivity (Wildman–Crippen MR) is 85.0 cm³/mol. The van der Waals surface area contributed by atoms with E-state index in [2.05, 4.69) is 12.2 Å². The second-order valence-corrected chi connectivity index (χ2v) is 5.26. The Morgan fingerprint density at radius 2 is 1.76 bits per heavy atom. The van der Waals surface area contributed by atoms with Crippen LogP contribution in [0.15, 0.2) is 18.2 Å². The molecule has 0 aromatic heterocycles. The molecule has 2 N–H and O–H groups in total. The van der Waals surface area contributed by atoms with E-state index < -0.39 is 0 Å². The molecule has 0 saturated carbocycles. The normalized spacial score (nSPS) is 10.4. The number of carbonyl (C=O) groups is 1. The van der Waals surface area contributed by atoms with Crippen molar-refractivity contribution in [2.24, 2.45) is 0 Å². The zero-order valence-electron chi connectivity index (χ0n) is 13.2. The summed E-state index contributed by atoms with van der Waals surface area (Å²) in [7, 11) is 1.56. The van der Waals surface area contributed by atoms with Gasteiger partial charge in [0.2, 0.25) is 0 Å². The lowest BCUT2D eigenvalue weighted by molar-refractivity contribution is 0.0962. The summed E-state index contributed by atoms with van der Waals surface area (Å²) in [6, 6.07) is 4.62. The van der Waals surface area contributed by atoms with E-state index in [0.717, 1.165) is 12.8 Å². The number of carbonyl (C=O) groups excluding carboxylic acids is 1. The smallest absolute Gasteiger partial charge is 0.251 e. The first-order valence-electron chi connectivity index (χ1n) is 7.86. The summed E-state index contributed by atoms with van der Waals surface area (Å²) in [5.41, 5.74) is 0.409. The van der Waals surface area contributed by atoms with Gasteiger partial charge in [-0.1, -0.05) is 45.4 Å². The molecule has 0 aliphatic carbocycles. The lowest BCUT2D eigenvalue weighted by atomic mass is 10.1. The maximum Gasteiger partial charge on any atom is 0.251 e. The number of ether oxygens (including phenoxy) is 1. The lowest BCUT2D eigenvalue weighted by Crippen LogP contribution is -2.17. The third-order valence-corrected chi connectivity index (χ3v) is 3.40. The van der Waals surface area contributed by atoms with Gasteiger partial charge in [-0.3, -0.25) is 4.79 Å². The van der Waals surface area contributed by atoms with Crippen molar-refractivity contribution in [1.29, 1.82) is 0 Å². The highest BCUT2D eigenvalue weighted by Gasteiger charge is 2.07. The number of benzene rings is 1. The van der Waals surface area contributed by atoms with Crippen molar-refractivity contribution in [3.8, 4) is 11.5 Å². The Morgan fingerprint density at radius 3 is 2.43 bits per heavy atom. The topological polar surface area (TPSA) is 58.6 Å². The van der Waals surface area contributed by atoms with Crippen molar-refractivity contribution < 1.29 is 14.6 Å². The average Bonchev–Trinajstić information content (AvgIpc) is 2.48. The van der Waals surface area contributed by atoms with Crippen LogP contribution in [0.2, 0.25) is 0 Å². The zero-order chi connectivity index (χ0) is 15.5. The van der Waals surface area contributed by atoms with Gasteiger partial charge in [-0.2, -0.15) is 0 Å². The van der Waals surface area contributed by atoms with Crippen molar-refractivity contribution in [3.05, 3.63) is 23.8 Å². The Hall–Kier alpha value is -1.71. The van der Waals surface area contributed by atoms with Gasteiger partial charge in [0, 0.05) is 18.7 Å². The van der Waals surface area contributed by atoms with Crippen LogP contribution in [0.4, 0.5) is 0 Å². The summed E-state index contributed by atoms with van der Waals surface area (Å²) in [5, 5.41) is 12.1. The van der Waals surface area contributed by atoms with Crippen LogP contribution in [-0.4, -0.2) is 24.7 Å². The number of unbranched alkanes of at least 4 members (excludes halogenated alkanes) is 6. The number of amides is 1. The highest BCUT2D eigenvalue weighted by Crippen LogP contribution is 2.22. The highest BCUT2D eigenvalue weighted by molar-refractivity contribution is 5.94. The van der Waals surface area contributed by atoms with Crippen molar-refractivity contribution in [1.82, 2.24) is 5.32 Å². The number of aromatic hydroxyl groups is 1. The summed E-state index contributed by atoms with van der Waals surface area (Å²) >= 11 is 0. The van der Waals surface area contributed by atoms with Crippen LogP contribution in [0.1, 0.15) is 62.2 Å². The van der Waals surface area contributed by atoms with Crippen LogP contribution in [-0.2, 0) is 0 Å². The van der Waals surface area contributed by atoms with Crippen LogP contribution < -0.4 is 10.1 Å². The van der Waals surface area contributed by atoms with Gasteiger partial charge in [-0.05, 0) is 18.6 Å². The first kappa shape index (κ1) is 17.3. The largest absolute Gasteiger partial charge is 0.508 e. The first-order chi connectivity index (χ1) is 10.2. The Bertz CT molecular complexity index is 432. The van der Waals surface area contributed by atoms with Crippen LogP contribution in [0.25, 0.3) is 0 Å². The minimum absolute atomic E-state index is 0.0469. The maximum atomic E-state index is 11.5. The van der Waals surface area contributed by atoms with Gasteiger partial charge in [0.25, 0.3) is 5.91 Å². The van der Waals surface area contributed by atoms with Crippen molar-refractivity contribution >= 4 is 5.91 Å². The molecule has 1 aromatic carbocycles. The fourth-order valence-electron chi connectivity index (χ4n) is 2.19. The minimum Gasteiger partial charge on any atom is -0.508 e. The van der Waals surface area contributed by atoms with E-state index in [1.807, 2.05) is 0 Å². The molecule has 0 radical (unpaired) electrons.